The van der Waals surface area contributed by atoms with E-state index in [9.17, 15) is 19.7 Å². The second-order valence-electron chi connectivity index (χ2n) is 5.15. The van der Waals surface area contributed by atoms with Crippen LogP contribution in [0, 0.1) is 10.1 Å². The van der Waals surface area contributed by atoms with Crippen LogP contribution in [0.3, 0.4) is 0 Å². The summed E-state index contributed by atoms with van der Waals surface area (Å²) in [6.45, 7) is 0. The number of halogens is 1. The van der Waals surface area contributed by atoms with Crippen molar-refractivity contribution in [3.05, 3.63) is 55.1 Å². The molecule has 1 N–H and O–H groups in total. The number of nitro groups is 1. The number of anilines is 1. The summed E-state index contributed by atoms with van der Waals surface area (Å²) in [6, 6.07) is 5.69. The van der Waals surface area contributed by atoms with Gasteiger partial charge in [0.25, 0.3) is 11.2 Å². The van der Waals surface area contributed by atoms with E-state index in [4.69, 9.17) is 11.6 Å². The summed E-state index contributed by atoms with van der Waals surface area (Å²) in [6.07, 6.45) is 0. The Morgan fingerprint density at radius 3 is 2.96 bits per heavy atom. The zero-order valence-electron chi connectivity index (χ0n) is 13.3. The lowest BCUT2D eigenvalue weighted by Crippen LogP contribution is -2.21. The third-order valence-electron chi connectivity index (χ3n) is 3.43. The largest absolute Gasteiger partial charge is 0.320 e. The number of rotatable bonds is 5. The van der Waals surface area contributed by atoms with Crippen LogP contribution < -0.4 is 10.9 Å². The van der Waals surface area contributed by atoms with E-state index >= 15 is 0 Å². The van der Waals surface area contributed by atoms with Crippen LogP contribution >= 0.6 is 34.7 Å². The van der Waals surface area contributed by atoms with Crippen LogP contribution in [0.15, 0.2) is 39.6 Å². The van der Waals surface area contributed by atoms with E-state index in [1.807, 2.05) is 0 Å². The SMILES string of the molecule is Cn1c(SCC(=O)Nc2ccc(Cl)cc2[N+](=O)[O-])nc2sccc2c1=O. The molecule has 0 radical (unpaired) electrons. The Bertz CT molecular complexity index is 1080. The van der Waals surface area contributed by atoms with Crippen molar-refractivity contribution >= 4 is 62.2 Å². The molecule has 3 rings (SSSR count). The summed E-state index contributed by atoms with van der Waals surface area (Å²) in [5.41, 5.74) is -0.422. The Kier molecular flexibility index (Phi) is 5.25. The Morgan fingerprint density at radius 1 is 1.46 bits per heavy atom. The van der Waals surface area contributed by atoms with Crippen molar-refractivity contribution in [3.8, 4) is 0 Å². The molecule has 0 atom stereocenters. The van der Waals surface area contributed by atoms with Crippen molar-refractivity contribution in [2.75, 3.05) is 11.1 Å². The summed E-state index contributed by atoms with van der Waals surface area (Å²) in [5.74, 6) is -0.516. The normalized spacial score (nSPS) is 10.8. The molecule has 0 aliphatic carbocycles. The fourth-order valence-electron chi connectivity index (χ4n) is 2.19. The zero-order chi connectivity index (χ0) is 18.8. The molecule has 26 heavy (non-hydrogen) atoms. The van der Waals surface area contributed by atoms with Crippen LogP contribution in [0.5, 0.6) is 0 Å². The van der Waals surface area contributed by atoms with Crippen molar-refractivity contribution < 1.29 is 9.72 Å². The fraction of sp³-hybridized carbons (Fsp3) is 0.133. The lowest BCUT2D eigenvalue weighted by Gasteiger charge is -2.08. The summed E-state index contributed by atoms with van der Waals surface area (Å²) < 4.78 is 1.37. The molecule has 0 unspecified atom stereocenters. The quantitative estimate of drug-likeness (QED) is 0.299. The monoisotopic (exact) mass is 410 g/mol. The Hall–Kier alpha value is -2.43. The molecule has 0 spiro atoms. The number of fused-ring (bicyclic) bond motifs is 1. The van der Waals surface area contributed by atoms with Crippen molar-refractivity contribution in [1.29, 1.82) is 0 Å². The molecule has 0 saturated carbocycles. The minimum absolute atomic E-state index is 0.0561. The maximum absolute atomic E-state index is 12.2. The lowest BCUT2D eigenvalue weighted by molar-refractivity contribution is -0.383. The summed E-state index contributed by atoms with van der Waals surface area (Å²) in [5, 5.41) is 16.4. The minimum atomic E-state index is -0.620. The number of carbonyl (C=O) groups is 1. The van der Waals surface area contributed by atoms with E-state index in [0.717, 1.165) is 11.8 Å². The number of thioether (sulfide) groups is 1. The highest BCUT2D eigenvalue weighted by Crippen LogP contribution is 2.28. The van der Waals surface area contributed by atoms with Gasteiger partial charge in [0.2, 0.25) is 5.91 Å². The van der Waals surface area contributed by atoms with Crippen LogP contribution in [-0.2, 0) is 11.8 Å². The average Bonchev–Trinajstić information content (AvgIpc) is 3.07. The molecule has 134 valence electrons. The first-order valence-electron chi connectivity index (χ1n) is 7.17. The van der Waals surface area contributed by atoms with Crippen LogP contribution in [0.25, 0.3) is 10.2 Å². The second kappa shape index (κ2) is 7.44. The molecule has 0 saturated heterocycles. The number of nitro benzene ring substituents is 1. The van der Waals surface area contributed by atoms with Gasteiger partial charge in [0.05, 0.1) is 16.1 Å². The average molecular weight is 411 g/mol. The number of nitrogens with one attached hydrogen (secondary N) is 1. The number of carbonyl (C=O) groups excluding carboxylic acids is 1. The first-order chi connectivity index (χ1) is 12.4. The van der Waals surface area contributed by atoms with Crippen molar-refractivity contribution in [2.45, 2.75) is 5.16 Å². The van der Waals surface area contributed by atoms with Crippen LogP contribution in [0.1, 0.15) is 0 Å². The van der Waals surface area contributed by atoms with E-state index in [1.54, 1.807) is 18.5 Å². The molecule has 0 bridgehead atoms. The van der Waals surface area contributed by atoms with Gasteiger partial charge in [-0.05, 0) is 23.6 Å². The molecule has 1 aromatic carbocycles. The number of thiophene rings is 1. The molecular weight excluding hydrogens is 400 g/mol. The van der Waals surface area contributed by atoms with E-state index in [0.29, 0.717) is 15.4 Å². The van der Waals surface area contributed by atoms with Crippen LogP contribution in [-0.4, -0.2) is 26.1 Å². The molecule has 8 nitrogen and oxygen atoms in total. The van der Waals surface area contributed by atoms with Gasteiger partial charge in [0, 0.05) is 18.1 Å². The maximum Gasteiger partial charge on any atom is 0.294 e. The van der Waals surface area contributed by atoms with Gasteiger partial charge in [0.15, 0.2) is 5.16 Å². The number of nitrogens with zero attached hydrogens (tertiary/aromatic N) is 3. The number of benzene rings is 1. The number of amides is 1. The van der Waals surface area contributed by atoms with E-state index in [2.05, 4.69) is 10.3 Å². The number of hydrogen-bond donors (Lipinski definition) is 1. The van der Waals surface area contributed by atoms with Crippen LogP contribution in [0.4, 0.5) is 11.4 Å². The van der Waals surface area contributed by atoms with Gasteiger partial charge in [0.1, 0.15) is 10.5 Å². The Balaban J connectivity index is 1.75. The number of aromatic nitrogens is 2. The molecule has 3 aromatic rings. The molecule has 2 heterocycles. The van der Waals surface area contributed by atoms with E-state index in [-0.39, 0.29) is 27.7 Å². The predicted octanol–water partition coefficient (Wildman–Crippen LogP) is 3.29. The fourth-order valence-corrected chi connectivity index (χ4v) is 3.93. The molecule has 0 fully saturated rings. The number of hydrogen-bond acceptors (Lipinski definition) is 7. The van der Waals surface area contributed by atoms with Crippen molar-refractivity contribution in [3.63, 3.8) is 0 Å². The first-order valence-corrected chi connectivity index (χ1v) is 9.42. The highest BCUT2D eigenvalue weighted by molar-refractivity contribution is 7.99. The predicted molar refractivity (Wildman–Crippen MR) is 102 cm³/mol. The molecule has 2 aromatic heterocycles. The van der Waals surface area contributed by atoms with Gasteiger partial charge in [-0.25, -0.2) is 4.98 Å². The summed E-state index contributed by atoms with van der Waals surface area (Å²) >= 11 is 8.17. The first kappa shape index (κ1) is 18.4. The highest BCUT2D eigenvalue weighted by Gasteiger charge is 2.17. The van der Waals surface area contributed by atoms with Gasteiger partial charge < -0.3 is 5.32 Å². The van der Waals surface area contributed by atoms with Gasteiger partial charge in [-0.15, -0.1) is 11.3 Å². The molecule has 0 aliphatic rings. The summed E-state index contributed by atoms with van der Waals surface area (Å²) in [7, 11) is 1.58. The zero-order valence-corrected chi connectivity index (χ0v) is 15.7. The van der Waals surface area contributed by atoms with Gasteiger partial charge in [-0.2, -0.15) is 0 Å². The van der Waals surface area contributed by atoms with Gasteiger partial charge in [-0.1, -0.05) is 23.4 Å². The molecule has 1 amide bonds. The third-order valence-corrected chi connectivity index (χ3v) is 5.50. The second-order valence-corrected chi connectivity index (χ2v) is 7.43. The lowest BCUT2D eigenvalue weighted by atomic mass is 10.2. The molecule has 11 heteroatoms. The standard InChI is InChI=1S/C15H11ClN4O4S2/c1-19-14(22)9-4-5-25-13(9)18-15(19)26-7-12(21)17-10-3-2-8(16)6-11(10)20(23)24/h2-6H,7H2,1H3,(H,17,21). The topological polar surface area (TPSA) is 107 Å². The maximum atomic E-state index is 12.2. The Morgan fingerprint density at radius 2 is 2.23 bits per heavy atom. The van der Waals surface area contributed by atoms with Crippen LogP contribution in [0.2, 0.25) is 5.02 Å². The van der Waals surface area contributed by atoms with Crippen molar-refractivity contribution in [1.82, 2.24) is 9.55 Å². The summed E-state index contributed by atoms with van der Waals surface area (Å²) in [4.78, 5) is 39.8. The van der Waals surface area contributed by atoms with Gasteiger partial charge >= 0.3 is 0 Å². The minimum Gasteiger partial charge on any atom is -0.320 e. The Labute approximate surface area is 160 Å². The van der Waals surface area contributed by atoms with E-state index < -0.39 is 10.8 Å². The molecular formula is C15H11ClN4O4S2. The van der Waals surface area contributed by atoms with Crippen molar-refractivity contribution in [2.24, 2.45) is 7.05 Å². The molecule has 0 aliphatic heterocycles. The van der Waals surface area contributed by atoms with E-state index in [1.165, 1.54) is 34.1 Å². The smallest absolute Gasteiger partial charge is 0.294 e. The highest BCUT2D eigenvalue weighted by atomic mass is 35.5. The van der Waals surface area contributed by atoms with Gasteiger partial charge in [-0.3, -0.25) is 24.3 Å². The third kappa shape index (κ3) is 3.71.